The number of methoxy groups -OCH3 is 1. The van der Waals surface area contributed by atoms with Crippen LogP contribution in [0.25, 0.3) is 11.3 Å². The van der Waals surface area contributed by atoms with Gasteiger partial charge in [0.15, 0.2) is 5.78 Å². The van der Waals surface area contributed by atoms with Gasteiger partial charge in [0, 0.05) is 79.0 Å². The number of nitrogens with zero attached hydrogens (tertiary/aromatic N) is 4. The molecule has 0 spiro atoms. The second-order valence-electron chi connectivity index (χ2n) is 11.6. The molecule has 2 aliphatic rings. The molecule has 1 N–H and O–H groups in total. The lowest BCUT2D eigenvalue weighted by Gasteiger charge is -2.29. The minimum Gasteiger partial charge on any atom is -0.496 e. The molecule has 0 atom stereocenters. The molecule has 2 aliphatic heterocycles. The summed E-state index contributed by atoms with van der Waals surface area (Å²) in [4.78, 5) is 26.9. The Hall–Kier alpha value is -4.69. The van der Waals surface area contributed by atoms with E-state index >= 15 is 0 Å². The zero-order valence-electron chi connectivity index (χ0n) is 26.0. The van der Waals surface area contributed by atoms with Crippen LogP contribution in [0.5, 0.6) is 5.75 Å². The van der Waals surface area contributed by atoms with Gasteiger partial charge in [-0.2, -0.15) is 0 Å². The summed E-state index contributed by atoms with van der Waals surface area (Å²) in [5, 5.41) is 3.45. The maximum atomic E-state index is 12.3. The van der Waals surface area contributed by atoms with E-state index in [4.69, 9.17) is 19.4 Å². The van der Waals surface area contributed by atoms with Crippen LogP contribution >= 0.6 is 0 Å². The van der Waals surface area contributed by atoms with Crippen LogP contribution in [0.3, 0.4) is 0 Å². The van der Waals surface area contributed by atoms with Crippen LogP contribution < -0.4 is 19.9 Å². The fraction of sp³-hybridized carbons (Fsp3) is 0.324. The topological polar surface area (TPSA) is 79.8 Å². The third-order valence-electron chi connectivity index (χ3n) is 8.54. The van der Waals surface area contributed by atoms with Crippen LogP contribution in [-0.4, -0.2) is 62.3 Å². The molecule has 4 aromatic rings. The number of hydrogen-bond donors (Lipinski definition) is 1. The van der Waals surface area contributed by atoms with Gasteiger partial charge in [-0.1, -0.05) is 24.8 Å². The Morgan fingerprint density at radius 3 is 2.47 bits per heavy atom. The maximum Gasteiger partial charge on any atom is 0.227 e. The summed E-state index contributed by atoms with van der Waals surface area (Å²) in [6.07, 6.45) is 7.88. The highest BCUT2D eigenvalue weighted by molar-refractivity contribution is 5.91. The molecule has 0 saturated carbocycles. The van der Waals surface area contributed by atoms with E-state index in [1.54, 1.807) is 7.11 Å². The van der Waals surface area contributed by atoms with E-state index in [9.17, 15) is 4.79 Å². The molecule has 0 radical (unpaired) electrons. The summed E-state index contributed by atoms with van der Waals surface area (Å²) < 4.78 is 11.1. The second kappa shape index (κ2) is 14.4. The van der Waals surface area contributed by atoms with Crippen molar-refractivity contribution >= 4 is 28.8 Å². The molecule has 0 bridgehead atoms. The normalized spacial score (nSPS) is 15.0. The number of nitrogens with one attached hydrogen (secondary N) is 1. The van der Waals surface area contributed by atoms with Gasteiger partial charge in [0.1, 0.15) is 5.75 Å². The minimum absolute atomic E-state index is 0.0651. The molecule has 0 unspecified atom stereocenters. The molecule has 0 aliphatic carbocycles. The number of benzene rings is 3. The third-order valence-corrected chi connectivity index (χ3v) is 8.54. The molecule has 6 rings (SSSR count). The molecule has 8 heteroatoms. The number of allylic oxidation sites excluding steroid dienone is 1. The summed E-state index contributed by atoms with van der Waals surface area (Å²) >= 11 is 0. The smallest absolute Gasteiger partial charge is 0.227 e. The van der Waals surface area contributed by atoms with Gasteiger partial charge in [-0.25, -0.2) is 9.97 Å². The van der Waals surface area contributed by atoms with Gasteiger partial charge < -0.3 is 24.6 Å². The van der Waals surface area contributed by atoms with Gasteiger partial charge in [-0.3, -0.25) is 4.79 Å². The van der Waals surface area contributed by atoms with E-state index in [1.165, 1.54) is 42.3 Å². The van der Waals surface area contributed by atoms with E-state index in [-0.39, 0.29) is 12.2 Å². The number of carbonyl (C=O) groups is 1. The molecule has 45 heavy (non-hydrogen) atoms. The van der Waals surface area contributed by atoms with Gasteiger partial charge in [-0.15, -0.1) is 0 Å². The van der Waals surface area contributed by atoms with Crippen molar-refractivity contribution in [1.82, 2.24) is 9.97 Å². The van der Waals surface area contributed by atoms with Crippen molar-refractivity contribution in [1.29, 1.82) is 0 Å². The van der Waals surface area contributed by atoms with Crippen molar-refractivity contribution in [2.24, 2.45) is 0 Å². The fourth-order valence-corrected chi connectivity index (χ4v) is 6.10. The summed E-state index contributed by atoms with van der Waals surface area (Å²) in [6, 6.07) is 23.1. The minimum atomic E-state index is -0.0651. The van der Waals surface area contributed by atoms with Gasteiger partial charge in [0.05, 0.1) is 26.0 Å². The summed E-state index contributed by atoms with van der Waals surface area (Å²) in [6.45, 7) is 9.14. The van der Waals surface area contributed by atoms with Crippen molar-refractivity contribution in [3.8, 4) is 17.0 Å². The maximum absolute atomic E-state index is 12.3. The van der Waals surface area contributed by atoms with Crippen molar-refractivity contribution < 1.29 is 14.3 Å². The Kier molecular flexibility index (Phi) is 9.71. The Bertz CT molecular complexity index is 1630. The van der Waals surface area contributed by atoms with E-state index < -0.39 is 0 Å². The lowest BCUT2D eigenvalue weighted by Crippen LogP contribution is -2.36. The third kappa shape index (κ3) is 7.52. The highest BCUT2D eigenvalue weighted by atomic mass is 16.5. The van der Waals surface area contributed by atoms with Crippen LogP contribution in [-0.2, 0) is 22.4 Å². The average Bonchev–Trinajstić information content (AvgIpc) is 3.10. The van der Waals surface area contributed by atoms with Crippen molar-refractivity contribution in [2.45, 2.75) is 32.1 Å². The van der Waals surface area contributed by atoms with Crippen molar-refractivity contribution in [3.63, 3.8) is 0 Å². The fourth-order valence-electron chi connectivity index (χ4n) is 6.10. The molecule has 3 aromatic carbocycles. The van der Waals surface area contributed by atoms with Crippen LogP contribution in [0.2, 0.25) is 0 Å². The lowest BCUT2D eigenvalue weighted by molar-refractivity contribution is -0.114. The molecule has 0 amide bonds. The van der Waals surface area contributed by atoms with E-state index in [1.807, 2.05) is 30.5 Å². The van der Waals surface area contributed by atoms with Crippen LogP contribution in [0.15, 0.2) is 85.6 Å². The molecule has 232 valence electrons. The highest BCUT2D eigenvalue weighted by Gasteiger charge is 2.17. The summed E-state index contributed by atoms with van der Waals surface area (Å²) in [7, 11) is 1.62. The van der Waals surface area contributed by atoms with E-state index in [0.29, 0.717) is 18.1 Å². The Morgan fingerprint density at radius 1 is 0.933 bits per heavy atom. The molecule has 2 fully saturated rings. The number of piperidine rings is 1. The second-order valence-corrected chi connectivity index (χ2v) is 11.6. The number of hydrogen-bond acceptors (Lipinski definition) is 8. The number of anilines is 4. The largest absolute Gasteiger partial charge is 0.496 e. The number of morpholine rings is 1. The molecular formula is C37H41N5O3. The average molecular weight is 604 g/mol. The Labute approximate surface area is 265 Å². The van der Waals surface area contributed by atoms with Crippen molar-refractivity contribution in [2.75, 3.05) is 61.6 Å². The first-order valence-electron chi connectivity index (χ1n) is 15.8. The molecule has 3 heterocycles. The molecule has 1 aromatic heterocycles. The zero-order chi connectivity index (χ0) is 31.0. The lowest BCUT2D eigenvalue weighted by atomic mass is 9.97. The number of ketones is 1. The van der Waals surface area contributed by atoms with E-state index in [0.717, 1.165) is 67.5 Å². The van der Waals surface area contributed by atoms with Crippen LogP contribution in [0, 0.1) is 0 Å². The first-order chi connectivity index (χ1) is 22.1. The van der Waals surface area contributed by atoms with Gasteiger partial charge in [-0.05, 0) is 79.4 Å². The zero-order valence-corrected chi connectivity index (χ0v) is 26.0. The van der Waals surface area contributed by atoms with Gasteiger partial charge in [0.25, 0.3) is 0 Å². The Morgan fingerprint density at radius 2 is 1.71 bits per heavy atom. The van der Waals surface area contributed by atoms with Crippen molar-refractivity contribution in [3.05, 3.63) is 102 Å². The number of ether oxygens (including phenoxy) is 2. The standard InChI is InChI=1S/C37H41N5O3/c1-3-34(43)24-29-23-28(12-15-35(29)44-2)36-30(22-27-10-13-32(14-11-27)42-18-20-45-21-19-42)26-38-37(40-36)39-31-8-7-9-33(25-31)41-16-5-4-6-17-41/h3,7-15,23,25-26H,1,4-6,16-22,24H2,2H3,(H,38,39,40). The van der Waals surface area contributed by atoms with Crippen LogP contribution in [0.1, 0.15) is 36.0 Å². The van der Waals surface area contributed by atoms with E-state index in [2.05, 4.69) is 64.2 Å². The number of rotatable bonds is 11. The predicted molar refractivity (Wildman–Crippen MR) is 181 cm³/mol. The van der Waals surface area contributed by atoms with Gasteiger partial charge >= 0.3 is 0 Å². The monoisotopic (exact) mass is 603 g/mol. The van der Waals surface area contributed by atoms with Gasteiger partial charge in [0.2, 0.25) is 5.95 Å². The number of aromatic nitrogens is 2. The molecular weight excluding hydrogens is 562 g/mol. The summed E-state index contributed by atoms with van der Waals surface area (Å²) in [5.74, 6) is 1.12. The predicted octanol–water partition coefficient (Wildman–Crippen LogP) is 6.61. The number of carbonyl (C=O) groups excluding carboxylic acids is 1. The summed E-state index contributed by atoms with van der Waals surface area (Å²) in [5.41, 5.74) is 8.03. The molecule has 2 saturated heterocycles. The van der Waals surface area contributed by atoms with Crippen LogP contribution in [0.4, 0.5) is 23.0 Å². The molecule has 8 nitrogen and oxygen atoms in total. The quantitative estimate of drug-likeness (QED) is 0.192. The highest BCUT2D eigenvalue weighted by Crippen LogP contribution is 2.31. The first-order valence-corrected chi connectivity index (χ1v) is 15.8. The Balaban J connectivity index is 1.32. The SMILES string of the molecule is C=CC(=O)Cc1cc(-c2nc(Nc3cccc(N4CCCCC4)c3)ncc2Cc2ccc(N3CCOCC3)cc2)ccc1OC. The first kappa shape index (κ1) is 30.3.